The highest BCUT2D eigenvalue weighted by Crippen LogP contribution is 2.24. The predicted octanol–water partition coefficient (Wildman–Crippen LogP) is 1.22. The van der Waals surface area contributed by atoms with Gasteiger partial charge in [0.05, 0.1) is 28.4 Å². The van der Waals surface area contributed by atoms with Crippen molar-refractivity contribution in [3.63, 3.8) is 0 Å². The Morgan fingerprint density at radius 2 is 2.25 bits per heavy atom. The Morgan fingerprint density at radius 3 is 2.81 bits per heavy atom. The first-order valence-corrected chi connectivity index (χ1v) is 5.29. The molecule has 0 saturated heterocycles. The van der Waals surface area contributed by atoms with Gasteiger partial charge >= 0.3 is 0 Å². The number of benzene rings is 1. The van der Waals surface area contributed by atoms with Gasteiger partial charge in [-0.1, -0.05) is 0 Å². The third-order valence-corrected chi connectivity index (χ3v) is 2.53. The number of anilines is 1. The van der Waals surface area contributed by atoms with Crippen molar-refractivity contribution < 1.29 is 14.6 Å². The molecule has 0 saturated carbocycles. The molecule has 1 aromatic carbocycles. The second-order valence-electron chi connectivity index (χ2n) is 3.14. The number of nitriles is 1. The van der Waals surface area contributed by atoms with Gasteiger partial charge in [0.2, 0.25) is 0 Å². The van der Waals surface area contributed by atoms with E-state index in [-0.39, 0.29) is 23.2 Å². The summed E-state index contributed by atoms with van der Waals surface area (Å²) in [5.41, 5.74) is 0.550. The van der Waals surface area contributed by atoms with E-state index in [4.69, 9.17) is 15.5 Å². The van der Waals surface area contributed by atoms with E-state index < -0.39 is 11.9 Å². The summed E-state index contributed by atoms with van der Waals surface area (Å²) in [5, 5.41) is 29.3. The molecule has 0 aliphatic carbocycles. The number of halogens is 2. The first kappa shape index (κ1) is 12.9. The van der Waals surface area contributed by atoms with Crippen molar-refractivity contribution in [2.75, 3.05) is 18.5 Å². The Morgan fingerprint density at radius 1 is 1.56 bits per heavy atom. The van der Waals surface area contributed by atoms with Crippen molar-refractivity contribution in [2.24, 2.45) is 0 Å². The van der Waals surface area contributed by atoms with Crippen LogP contribution in [0, 0.1) is 17.1 Å². The van der Waals surface area contributed by atoms with Crippen molar-refractivity contribution in [1.82, 2.24) is 0 Å². The van der Waals surface area contributed by atoms with Crippen LogP contribution in [0.3, 0.4) is 0 Å². The number of aliphatic hydroxyl groups is 2. The molecule has 1 rings (SSSR count). The zero-order valence-electron chi connectivity index (χ0n) is 8.24. The highest BCUT2D eigenvalue weighted by Gasteiger charge is 2.09. The van der Waals surface area contributed by atoms with Gasteiger partial charge in [-0.25, -0.2) is 4.39 Å². The molecule has 3 N–H and O–H groups in total. The fourth-order valence-corrected chi connectivity index (χ4v) is 1.42. The van der Waals surface area contributed by atoms with Gasteiger partial charge in [-0.3, -0.25) is 0 Å². The van der Waals surface area contributed by atoms with E-state index in [9.17, 15) is 4.39 Å². The van der Waals surface area contributed by atoms with E-state index in [2.05, 4.69) is 21.2 Å². The first-order valence-electron chi connectivity index (χ1n) is 4.50. The molecule has 0 aliphatic rings. The fourth-order valence-electron chi connectivity index (χ4n) is 1.08. The summed E-state index contributed by atoms with van der Waals surface area (Å²) < 4.78 is 13.3. The highest BCUT2D eigenvalue weighted by atomic mass is 79.9. The Labute approximate surface area is 100 Å². The minimum absolute atomic E-state index is 0.0866. The van der Waals surface area contributed by atoms with Gasteiger partial charge in [0.15, 0.2) is 0 Å². The van der Waals surface area contributed by atoms with Crippen LogP contribution in [0.15, 0.2) is 16.6 Å². The lowest BCUT2D eigenvalue weighted by atomic mass is 10.2. The normalized spacial score (nSPS) is 11.9. The Hall–Kier alpha value is -1.16. The summed E-state index contributed by atoms with van der Waals surface area (Å²) in [4.78, 5) is 0. The summed E-state index contributed by atoms with van der Waals surface area (Å²) in [6.07, 6.45) is -0.921. The van der Waals surface area contributed by atoms with Gasteiger partial charge in [-0.2, -0.15) is 5.26 Å². The van der Waals surface area contributed by atoms with Crippen molar-refractivity contribution in [3.8, 4) is 6.07 Å². The zero-order chi connectivity index (χ0) is 12.1. The molecule has 6 heteroatoms. The second kappa shape index (κ2) is 5.80. The van der Waals surface area contributed by atoms with Gasteiger partial charge < -0.3 is 15.5 Å². The van der Waals surface area contributed by atoms with E-state index in [0.29, 0.717) is 5.69 Å². The lowest BCUT2D eigenvalue weighted by Gasteiger charge is -2.12. The molecule has 0 aliphatic heterocycles. The third kappa shape index (κ3) is 3.17. The van der Waals surface area contributed by atoms with Gasteiger partial charge in [0.1, 0.15) is 11.9 Å². The first-order chi connectivity index (χ1) is 7.58. The van der Waals surface area contributed by atoms with Gasteiger partial charge in [-0.15, -0.1) is 0 Å². The molecule has 0 heterocycles. The van der Waals surface area contributed by atoms with E-state index >= 15 is 0 Å². The van der Waals surface area contributed by atoms with E-state index in [1.54, 1.807) is 0 Å². The Balaban J connectivity index is 2.87. The lowest BCUT2D eigenvalue weighted by molar-refractivity contribution is 0.105. The summed E-state index contributed by atoms with van der Waals surface area (Å²) in [6, 6.07) is 4.35. The zero-order valence-corrected chi connectivity index (χ0v) is 9.83. The molecular formula is C10H10BrFN2O2. The molecule has 0 bridgehead atoms. The molecule has 0 fully saturated rings. The minimum atomic E-state index is -0.921. The monoisotopic (exact) mass is 288 g/mol. The predicted molar refractivity (Wildman–Crippen MR) is 60.4 cm³/mol. The number of hydrogen-bond acceptors (Lipinski definition) is 4. The SMILES string of the molecule is N#Cc1cc(F)c(Br)cc1NCC(O)CO. The molecule has 0 radical (unpaired) electrons. The van der Waals surface area contributed by atoms with Crippen molar-refractivity contribution in [3.05, 3.63) is 28.0 Å². The number of aliphatic hydroxyl groups excluding tert-OH is 2. The van der Waals surface area contributed by atoms with Crippen molar-refractivity contribution in [1.29, 1.82) is 5.26 Å². The third-order valence-electron chi connectivity index (χ3n) is 1.92. The van der Waals surface area contributed by atoms with E-state index in [1.165, 1.54) is 6.07 Å². The van der Waals surface area contributed by atoms with Gasteiger partial charge in [0, 0.05) is 6.54 Å². The molecule has 0 aromatic heterocycles. The quantitative estimate of drug-likeness (QED) is 0.779. The summed E-state index contributed by atoms with van der Waals surface area (Å²) in [7, 11) is 0. The molecule has 16 heavy (non-hydrogen) atoms. The lowest BCUT2D eigenvalue weighted by Crippen LogP contribution is -2.23. The smallest absolute Gasteiger partial charge is 0.138 e. The largest absolute Gasteiger partial charge is 0.394 e. The van der Waals surface area contributed by atoms with Crippen molar-refractivity contribution in [2.45, 2.75) is 6.10 Å². The summed E-state index contributed by atoms with van der Waals surface area (Å²) in [6.45, 7) is -0.291. The Bertz CT molecular complexity index is 420. The second-order valence-corrected chi connectivity index (χ2v) is 4.00. The van der Waals surface area contributed by atoms with Gasteiger partial charge in [0.25, 0.3) is 0 Å². The van der Waals surface area contributed by atoms with Crippen LogP contribution in [-0.4, -0.2) is 29.5 Å². The summed E-state index contributed by atoms with van der Waals surface area (Å²) in [5.74, 6) is -0.523. The van der Waals surface area contributed by atoms with Crippen LogP contribution in [-0.2, 0) is 0 Å². The van der Waals surface area contributed by atoms with E-state index in [0.717, 1.165) is 6.07 Å². The topological polar surface area (TPSA) is 76.3 Å². The average molecular weight is 289 g/mol. The van der Waals surface area contributed by atoms with Gasteiger partial charge in [-0.05, 0) is 28.1 Å². The van der Waals surface area contributed by atoms with Crippen LogP contribution in [0.2, 0.25) is 0 Å². The maximum Gasteiger partial charge on any atom is 0.138 e. The van der Waals surface area contributed by atoms with Crippen LogP contribution in [0.4, 0.5) is 10.1 Å². The number of hydrogen-bond donors (Lipinski definition) is 3. The maximum atomic E-state index is 13.1. The molecule has 1 unspecified atom stereocenters. The van der Waals surface area contributed by atoms with Crippen molar-refractivity contribution >= 4 is 21.6 Å². The highest BCUT2D eigenvalue weighted by molar-refractivity contribution is 9.10. The molecule has 0 spiro atoms. The molecule has 1 aromatic rings. The van der Waals surface area contributed by atoms with Crippen LogP contribution < -0.4 is 5.32 Å². The maximum absolute atomic E-state index is 13.1. The molecule has 4 nitrogen and oxygen atoms in total. The van der Waals surface area contributed by atoms with Crippen LogP contribution in [0.1, 0.15) is 5.56 Å². The minimum Gasteiger partial charge on any atom is -0.394 e. The average Bonchev–Trinajstić information content (AvgIpc) is 2.29. The number of rotatable bonds is 4. The fraction of sp³-hybridized carbons (Fsp3) is 0.300. The molecular weight excluding hydrogens is 279 g/mol. The van der Waals surface area contributed by atoms with Crippen LogP contribution in [0.5, 0.6) is 0 Å². The van der Waals surface area contributed by atoms with Crippen LogP contribution >= 0.6 is 15.9 Å². The number of nitrogens with one attached hydrogen (secondary N) is 1. The molecule has 1 atom stereocenters. The number of nitrogens with zero attached hydrogens (tertiary/aromatic N) is 1. The standard InChI is InChI=1S/C10H10BrFN2O2/c11-8-2-10(14-4-7(16)5-15)6(3-13)1-9(8)12/h1-2,7,14-16H,4-5H2. The summed E-state index contributed by atoms with van der Waals surface area (Å²) >= 11 is 3.00. The Kier molecular flexibility index (Phi) is 4.68. The van der Waals surface area contributed by atoms with E-state index in [1.807, 2.05) is 6.07 Å². The van der Waals surface area contributed by atoms with Crippen LogP contribution in [0.25, 0.3) is 0 Å². The molecule has 86 valence electrons. The molecule has 0 amide bonds.